The Kier molecular flexibility index (Phi) is 7.45. The number of H-pyrrole nitrogens is 1. The summed E-state index contributed by atoms with van der Waals surface area (Å²) < 4.78 is 41.4. The summed E-state index contributed by atoms with van der Waals surface area (Å²) in [4.78, 5) is 19.3. The molecular formula is C26H28N2O7S2. The van der Waals surface area contributed by atoms with Gasteiger partial charge >= 0.3 is 5.97 Å². The second kappa shape index (κ2) is 10.8. The molecule has 0 radical (unpaired) electrons. The van der Waals surface area contributed by atoms with Gasteiger partial charge in [0.25, 0.3) is 0 Å². The van der Waals surface area contributed by atoms with Gasteiger partial charge in [0.1, 0.15) is 22.3 Å². The number of carbonyl (C=O) groups is 1. The van der Waals surface area contributed by atoms with Gasteiger partial charge in [-0.05, 0) is 55.2 Å². The van der Waals surface area contributed by atoms with Crippen molar-refractivity contribution >= 4 is 43.5 Å². The number of rotatable bonds is 9. The largest absolute Gasteiger partial charge is 0.491 e. The average molecular weight is 545 g/mol. The van der Waals surface area contributed by atoms with Gasteiger partial charge < -0.3 is 24.3 Å². The molecular weight excluding hydrogens is 516 g/mol. The van der Waals surface area contributed by atoms with Crippen molar-refractivity contribution in [2.24, 2.45) is 10.9 Å². The molecule has 196 valence electrons. The van der Waals surface area contributed by atoms with Crippen LogP contribution in [0.3, 0.4) is 0 Å². The molecule has 2 aliphatic rings. The van der Waals surface area contributed by atoms with Crippen molar-refractivity contribution in [2.45, 2.75) is 29.4 Å². The monoisotopic (exact) mass is 544 g/mol. The fourth-order valence-corrected chi connectivity index (χ4v) is 6.06. The highest BCUT2D eigenvalue weighted by molar-refractivity contribution is 8.15. The normalized spacial score (nSPS) is 18.6. The van der Waals surface area contributed by atoms with Gasteiger partial charge in [-0.25, -0.2) is 8.42 Å². The van der Waals surface area contributed by atoms with E-state index in [0.717, 1.165) is 47.7 Å². The summed E-state index contributed by atoms with van der Waals surface area (Å²) in [6, 6.07) is 12.0. The van der Waals surface area contributed by atoms with Crippen molar-refractivity contribution in [2.75, 3.05) is 32.6 Å². The second-order valence-corrected chi connectivity index (χ2v) is 12.6. The third kappa shape index (κ3) is 6.28. The number of thioether (sulfide) groups is 1. The number of ether oxygens (including phenoxy) is 3. The van der Waals surface area contributed by atoms with E-state index in [0.29, 0.717) is 36.3 Å². The Morgan fingerprint density at radius 3 is 2.62 bits per heavy atom. The molecule has 2 aromatic carbocycles. The second-order valence-electron chi connectivity index (χ2n) is 9.26. The van der Waals surface area contributed by atoms with E-state index in [1.54, 1.807) is 12.1 Å². The maximum absolute atomic E-state index is 11.8. The minimum absolute atomic E-state index is 0.0630. The van der Waals surface area contributed by atoms with Crippen LogP contribution in [-0.2, 0) is 19.4 Å². The Morgan fingerprint density at radius 2 is 1.92 bits per heavy atom. The third-order valence-corrected chi connectivity index (χ3v) is 8.67. The van der Waals surface area contributed by atoms with Crippen LogP contribution >= 0.6 is 11.8 Å². The van der Waals surface area contributed by atoms with Gasteiger partial charge in [0.15, 0.2) is 9.84 Å². The van der Waals surface area contributed by atoms with Crippen LogP contribution < -0.4 is 9.47 Å². The van der Waals surface area contributed by atoms with Crippen LogP contribution in [0.1, 0.15) is 25.0 Å². The molecule has 3 heterocycles. The van der Waals surface area contributed by atoms with E-state index in [2.05, 4.69) is 9.98 Å². The molecule has 0 amide bonds. The van der Waals surface area contributed by atoms with Crippen LogP contribution in [0.2, 0.25) is 0 Å². The number of aliphatic imine (C=N–C) groups is 1. The molecule has 0 aliphatic carbocycles. The van der Waals surface area contributed by atoms with Crippen molar-refractivity contribution in [1.82, 2.24) is 4.98 Å². The third-order valence-electron chi connectivity index (χ3n) is 6.32. The van der Waals surface area contributed by atoms with E-state index in [1.807, 2.05) is 18.2 Å². The van der Waals surface area contributed by atoms with E-state index in [1.165, 1.54) is 30.2 Å². The number of fused-ring (bicyclic) bond motifs is 1. The number of hydrogen-bond acceptors (Lipinski definition) is 8. The van der Waals surface area contributed by atoms with Gasteiger partial charge in [0.05, 0.1) is 35.7 Å². The predicted octanol–water partition coefficient (Wildman–Crippen LogP) is 4.51. The summed E-state index contributed by atoms with van der Waals surface area (Å²) in [5, 5.41) is 10.7. The number of aliphatic carboxylic acids is 1. The maximum Gasteiger partial charge on any atom is 0.304 e. The van der Waals surface area contributed by atoms with E-state index >= 15 is 0 Å². The number of benzene rings is 2. The van der Waals surface area contributed by atoms with Crippen molar-refractivity contribution in [1.29, 1.82) is 0 Å². The number of aromatic amines is 1. The molecule has 0 spiro atoms. The number of nitrogens with one attached hydrogen (secondary N) is 1. The highest BCUT2D eigenvalue weighted by Gasteiger charge is 2.25. The summed E-state index contributed by atoms with van der Waals surface area (Å²) >= 11 is 1.46. The molecule has 5 rings (SSSR count). The fraction of sp³-hybridized carbons (Fsp3) is 0.385. The molecule has 2 aliphatic heterocycles. The molecule has 1 aromatic heterocycles. The van der Waals surface area contributed by atoms with Crippen LogP contribution in [0.25, 0.3) is 10.9 Å². The van der Waals surface area contributed by atoms with E-state index < -0.39 is 15.8 Å². The minimum atomic E-state index is -3.30. The predicted molar refractivity (Wildman–Crippen MR) is 142 cm³/mol. The van der Waals surface area contributed by atoms with E-state index in [-0.39, 0.29) is 16.6 Å². The zero-order valence-electron chi connectivity index (χ0n) is 20.3. The van der Waals surface area contributed by atoms with Gasteiger partial charge in [-0.3, -0.25) is 9.79 Å². The lowest BCUT2D eigenvalue weighted by atomic mass is 10.0. The van der Waals surface area contributed by atoms with Gasteiger partial charge in [-0.2, -0.15) is 0 Å². The van der Waals surface area contributed by atoms with Crippen molar-refractivity contribution in [3.8, 4) is 17.2 Å². The summed E-state index contributed by atoms with van der Waals surface area (Å²) in [7, 11) is -3.30. The molecule has 1 saturated heterocycles. The molecule has 37 heavy (non-hydrogen) atoms. The Morgan fingerprint density at radius 1 is 1.16 bits per heavy atom. The Hall–Kier alpha value is -3.02. The molecule has 0 bridgehead atoms. The van der Waals surface area contributed by atoms with Crippen molar-refractivity contribution < 1.29 is 32.5 Å². The van der Waals surface area contributed by atoms with Crippen LogP contribution in [0.5, 0.6) is 17.2 Å². The first-order valence-corrected chi connectivity index (χ1v) is 14.8. The van der Waals surface area contributed by atoms with Gasteiger partial charge in [0, 0.05) is 36.2 Å². The number of sulfone groups is 1. The highest BCUT2D eigenvalue weighted by atomic mass is 32.2. The topological polar surface area (TPSA) is 127 Å². The standard InChI is InChI=1S/C26H28N2O7S2/c1-37(31,32)21-4-2-18(3-5-21)35-19-10-17-11-22(26-27-14-20(36-26)13-24(29)30)28-25(17)23(12-19)34-15-16-6-8-33-9-7-16/h2-5,10-12,16,20,28H,6-9,13-15H2,1H3,(H,29,30). The first kappa shape index (κ1) is 25.6. The van der Waals surface area contributed by atoms with Crippen molar-refractivity contribution in [3.63, 3.8) is 0 Å². The van der Waals surface area contributed by atoms with E-state index in [4.69, 9.17) is 19.3 Å². The zero-order chi connectivity index (χ0) is 26.0. The molecule has 2 N–H and O–H groups in total. The smallest absolute Gasteiger partial charge is 0.304 e. The number of hydrogen-bond donors (Lipinski definition) is 2. The molecule has 1 fully saturated rings. The Labute approximate surface area is 219 Å². The number of carboxylic acid groups (broad SMARTS) is 1. The number of carboxylic acids is 1. The van der Waals surface area contributed by atoms with E-state index in [9.17, 15) is 13.2 Å². The first-order valence-electron chi connectivity index (χ1n) is 12.0. The van der Waals surface area contributed by atoms with Gasteiger partial charge in [0.2, 0.25) is 0 Å². The Balaban J connectivity index is 1.42. The lowest BCUT2D eigenvalue weighted by Gasteiger charge is -2.22. The van der Waals surface area contributed by atoms with Crippen LogP contribution in [0, 0.1) is 5.92 Å². The Bertz CT molecular complexity index is 1430. The lowest BCUT2D eigenvalue weighted by molar-refractivity contribution is -0.136. The van der Waals surface area contributed by atoms with Crippen LogP contribution in [0.15, 0.2) is 52.4 Å². The summed E-state index contributed by atoms with van der Waals surface area (Å²) in [5.74, 6) is 1.27. The number of aromatic nitrogens is 1. The minimum Gasteiger partial charge on any atom is -0.491 e. The highest BCUT2D eigenvalue weighted by Crippen LogP contribution is 2.37. The summed E-state index contributed by atoms with van der Waals surface area (Å²) in [6.07, 6.45) is 3.12. The fourth-order valence-electron chi connectivity index (χ4n) is 4.35. The number of nitrogens with zero attached hydrogens (tertiary/aromatic N) is 1. The maximum atomic E-state index is 11.8. The average Bonchev–Trinajstić information content (AvgIpc) is 3.49. The SMILES string of the molecule is CS(=O)(=O)c1ccc(Oc2cc(OCC3CCOCC3)c3[nH]c(C4=NCC(CC(=O)O)S4)cc3c2)cc1. The zero-order valence-corrected chi connectivity index (χ0v) is 21.9. The first-order chi connectivity index (χ1) is 17.7. The van der Waals surface area contributed by atoms with Crippen LogP contribution in [-0.4, -0.2) is 67.4 Å². The van der Waals surface area contributed by atoms with Crippen LogP contribution in [0.4, 0.5) is 0 Å². The quantitative estimate of drug-likeness (QED) is 0.403. The molecule has 1 atom stereocenters. The molecule has 1 unspecified atom stereocenters. The van der Waals surface area contributed by atoms with Gasteiger partial charge in [-0.1, -0.05) is 11.8 Å². The van der Waals surface area contributed by atoms with Crippen molar-refractivity contribution in [3.05, 3.63) is 48.2 Å². The lowest BCUT2D eigenvalue weighted by Crippen LogP contribution is -2.21. The molecule has 3 aromatic rings. The molecule has 9 nitrogen and oxygen atoms in total. The van der Waals surface area contributed by atoms with Gasteiger partial charge in [-0.15, -0.1) is 0 Å². The summed E-state index contributed by atoms with van der Waals surface area (Å²) in [5.41, 5.74) is 1.62. The molecule has 0 saturated carbocycles. The molecule has 11 heteroatoms. The summed E-state index contributed by atoms with van der Waals surface area (Å²) in [6.45, 7) is 2.48.